The van der Waals surface area contributed by atoms with Crippen LogP contribution in [0.15, 0.2) is 42.6 Å². The number of anilines is 1. The lowest BCUT2D eigenvalue weighted by Crippen LogP contribution is -2.29. The van der Waals surface area contributed by atoms with Gasteiger partial charge in [-0.3, -0.25) is 0 Å². The van der Waals surface area contributed by atoms with Crippen molar-refractivity contribution in [2.45, 2.75) is 0 Å². The lowest BCUT2D eigenvalue weighted by atomic mass is 10.1. The van der Waals surface area contributed by atoms with Crippen molar-refractivity contribution in [3.05, 3.63) is 47.8 Å². The Kier molecular flexibility index (Phi) is 2.64. The molecule has 0 radical (unpaired) electrons. The second-order valence-corrected chi connectivity index (χ2v) is 3.37. The maximum atomic E-state index is 11.6. The molecule has 0 unspecified atom stereocenters. The zero-order valence-electron chi connectivity index (χ0n) is 8.88. The van der Waals surface area contributed by atoms with Gasteiger partial charge in [0.15, 0.2) is 6.20 Å². The van der Waals surface area contributed by atoms with Gasteiger partial charge < -0.3 is 15.7 Å². The van der Waals surface area contributed by atoms with E-state index in [2.05, 4.69) is 0 Å². The summed E-state index contributed by atoms with van der Waals surface area (Å²) in [5.74, 6) is 0.695. The van der Waals surface area contributed by atoms with Crippen LogP contribution in [0.5, 0.6) is 5.75 Å². The molecule has 2 aromatic rings. The molecule has 16 heavy (non-hydrogen) atoms. The van der Waals surface area contributed by atoms with Gasteiger partial charge in [0, 0.05) is 6.07 Å². The Labute approximate surface area is 93.5 Å². The van der Waals surface area contributed by atoms with Crippen molar-refractivity contribution in [3.63, 3.8) is 0 Å². The molecule has 0 aliphatic heterocycles. The van der Waals surface area contributed by atoms with Crippen LogP contribution in [0, 0.1) is 5.21 Å². The zero-order chi connectivity index (χ0) is 11.5. The van der Waals surface area contributed by atoms with E-state index in [1.54, 1.807) is 25.3 Å². The maximum Gasteiger partial charge on any atom is 0.247 e. The van der Waals surface area contributed by atoms with Crippen molar-refractivity contribution in [2.24, 2.45) is 0 Å². The highest BCUT2D eigenvalue weighted by Gasteiger charge is 2.12. The van der Waals surface area contributed by atoms with Gasteiger partial charge in [-0.1, -0.05) is 6.07 Å². The number of rotatable bonds is 2. The number of benzene rings is 1. The number of hydrogen-bond donors (Lipinski definition) is 1. The van der Waals surface area contributed by atoms with E-state index in [4.69, 9.17) is 10.5 Å². The Balaban J connectivity index is 2.58. The second-order valence-electron chi connectivity index (χ2n) is 3.37. The molecule has 0 spiro atoms. The molecule has 2 rings (SSSR count). The molecule has 0 bridgehead atoms. The predicted octanol–water partition coefficient (Wildman–Crippen LogP) is 1.58. The fraction of sp³-hybridized carbons (Fsp3) is 0.0833. The lowest BCUT2D eigenvalue weighted by Gasteiger charge is -2.07. The molecule has 4 nitrogen and oxygen atoms in total. The van der Waals surface area contributed by atoms with E-state index in [1.165, 1.54) is 6.20 Å². The average Bonchev–Trinajstić information content (AvgIpc) is 2.29. The average molecular weight is 216 g/mol. The minimum atomic E-state index is 0.446. The molecule has 1 aromatic heterocycles. The summed E-state index contributed by atoms with van der Waals surface area (Å²) in [6, 6.07) is 10.6. The SMILES string of the molecule is COc1cccc(-c2c(N)ccc[n+]2[O-])c1. The zero-order valence-corrected chi connectivity index (χ0v) is 8.88. The normalized spacial score (nSPS) is 10.1. The van der Waals surface area contributed by atoms with Gasteiger partial charge in [-0.2, -0.15) is 4.73 Å². The Morgan fingerprint density at radius 1 is 1.25 bits per heavy atom. The maximum absolute atomic E-state index is 11.6. The molecule has 1 aromatic carbocycles. The Morgan fingerprint density at radius 2 is 2.06 bits per heavy atom. The molecular formula is C12H12N2O2. The van der Waals surface area contributed by atoms with E-state index in [-0.39, 0.29) is 0 Å². The fourth-order valence-corrected chi connectivity index (χ4v) is 1.57. The molecule has 0 aliphatic rings. The Hall–Kier alpha value is -2.23. The first kappa shape index (κ1) is 10.3. The highest BCUT2D eigenvalue weighted by Crippen LogP contribution is 2.24. The minimum absolute atomic E-state index is 0.446. The third kappa shape index (κ3) is 1.77. The molecule has 2 N–H and O–H groups in total. The first-order valence-electron chi connectivity index (χ1n) is 4.84. The van der Waals surface area contributed by atoms with E-state index in [1.807, 2.05) is 18.2 Å². The van der Waals surface area contributed by atoms with Gasteiger partial charge in [0.1, 0.15) is 11.4 Å². The van der Waals surface area contributed by atoms with Crippen LogP contribution in [-0.2, 0) is 0 Å². The first-order chi connectivity index (χ1) is 7.72. The summed E-state index contributed by atoms with van der Waals surface area (Å²) in [5.41, 5.74) is 7.42. The molecule has 0 saturated carbocycles. The van der Waals surface area contributed by atoms with E-state index >= 15 is 0 Å². The standard InChI is InChI=1S/C12H12N2O2/c1-16-10-5-2-4-9(8-10)12-11(13)6-3-7-14(12)15/h2-8H,13H2,1H3. The fourth-order valence-electron chi connectivity index (χ4n) is 1.57. The van der Waals surface area contributed by atoms with Gasteiger partial charge >= 0.3 is 0 Å². The molecule has 0 saturated heterocycles. The van der Waals surface area contributed by atoms with Crippen LogP contribution < -0.4 is 15.2 Å². The second kappa shape index (κ2) is 4.10. The molecule has 0 aliphatic carbocycles. The van der Waals surface area contributed by atoms with E-state index in [0.717, 1.165) is 10.3 Å². The van der Waals surface area contributed by atoms with E-state index in [0.29, 0.717) is 17.1 Å². The van der Waals surface area contributed by atoms with Crippen LogP contribution in [0.25, 0.3) is 11.3 Å². The third-order valence-electron chi connectivity index (χ3n) is 2.33. The van der Waals surface area contributed by atoms with Crippen molar-refractivity contribution in [1.29, 1.82) is 0 Å². The molecule has 0 amide bonds. The number of nitrogens with zero attached hydrogens (tertiary/aromatic N) is 1. The van der Waals surface area contributed by atoms with Gasteiger partial charge in [-0.05, 0) is 24.3 Å². The van der Waals surface area contributed by atoms with Crippen molar-refractivity contribution >= 4 is 5.69 Å². The summed E-state index contributed by atoms with van der Waals surface area (Å²) in [5, 5.41) is 11.6. The van der Waals surface area contributed by atoms with Crippen molar-refractivity contribution in [2.75, 3.05) is 12.8 Å². The molecular weight excluding hydrogens is 204 g/mol. The number of hydrogen-bond acceptors (Lipinski definition) is 3. The molecule has 82 valence electrons. The summed E-state index contributed by atoms with van der Waals surface area (Å²) in [6.45, 7) is 0. The first-order valence-corrected chi connectivity index (χ1v) is 4.84. The number of ether oxygens (including phenoxy) is 1. The number of aromatic nitrogens is 1. The van der Waals surface area contributed by atoms with Gasteiger partial charge in [-0.25, -0.2) is 0 Å². The number of nitrogens with two attached hydrogens (primary N) is 1. The van der Waals surface area contributed by atoms with Crippen LogP contribution in [0.3, 0.4) is 0 Å². The summed E-state index contributed by atoms with van der Waals surface area (Å²) in [6.07, 6.45) is 1.42. The highest BCUT2D eigenvalue weighted by molar-refractivity contribution is 5.70. The van der Waals surface area contributed by atoms with Crippen LogP contribution in [0.1, 0.15) is 0 Å². The summed E-state index contributed by atoms with van der Waals surface area (Å²) in [7, 11) is 1.58. The van der Waals surface area contributed by atoms with E-state index < -0.39 is 0 Å². The topological polar surface area (TPSA) is 62.2 Å². The van der Waals surface area contributed by atoms with Crippen LogP contribution in [-0.4, -0.2) is 7.11 Å². The number of pyridine rings is 1. The monoisotopic (exact) mass is 216 g/mol. The Bertz CT molecular complexity index is 492. The third-order valence-corrected chi connectivity index (χ3v) is 2.33. The quantitative estimate of drug-likeness (QED) is 0.612. The Morgan fingerprint density at radius 3 is 2.75 bits per heavy atom. The van der Waals surface area contributed by atoms with Gasteiger partial charge in [0.25, 0.3) is 0 Å². The molecule has 0 atom stereocenters. The van der Waals surface area contributed by atoms with Gasteiger partial charge in [0.05, 0.1) is 12.7 Å². The van der Waals surface area contributed by atoms with Gasteiger partial charge in [-0.15, -0.1) is 0 Å². The lowest BCUT2D eigenvalue weighted by molar-refractivity contribution is -0.593. The largest absolute Gasteiger partial charge is 0.618 e. The van der Waals surface area contributed by atoms with Gasteiger partial charge in [0.2, 0.25) is 5.69 Å². The van der Waals surface area contributed by atoms with Crippen LogP contribution >= 0.6 is 0 Å². The van der Waals surface area contributed by atoms with Crippen molar-refractivity contribution < 1.29 is 9.47 Å². The summed E-state index contributed by atoms with van der Waals surface area (Å²) < 4.78 is 5.86. The molecule has 4 heteroatoms. The highest BCUT2D eigenvalue weighted by atomic mass is 16.5. The molecule has 0 fully saturated rings. The summed E-state index contributed by atoms with van der Waals surface area (Å²) >= 11 is 0. The molecule has 1 heterocycles. The minimum Gasteiger partial charge on any atom is -0.618 e. The number of methoxy groups -OCH3 is 1. The van der Waals surface area contributed by atoms with Crippen LogP contribution in [0.4, 0.5) is 5.69 Å². The number of nitrogen functional groups attached to an aromatic ring is 1. The predicted molar refractivity (Wildman–Crippen MR) is 61.8 cm³/mol. The van der Waals surface area contributed by atoms with Crippen molar-refractivity contribution in [3.8, 4) is 17.0 Å². The summed E-state index contributed by atoms with van der Waals surface area (Å²) in [4.78, 5) is 0. The smallest absolute Gasteiger partial charge is 0.247 e. The van der Waals surface area contributed by atoms with Crippen LogP contribution in [0.2, 0.25) is 0 Å². The van der Waals surface area contributed by atoms with Crippen molar-refractivity contribution in [1.82, 2.24) is 0 Å². The van der Waals surface area contributed by atoms with E-state index in [9.17, 15) is 5.21 Å².